The summed E-state index contributed by atoms with van der Waals surface area (Å²) in [6.45, 7) is 0.351. The van der Waals surface area contributed by atoms with Crippen LogP contribution in [0.2, 0.25) is 10.0 Å². The molecule has 0 spiro atoms. The molecule has 0 unspecified atom stereocenters. The number of rotatable bonds is 2. The summed E-state index contributed by atoms with van der Waals surface area (Å²) in [7, 11) is 0. The van der Waals surface area contributed by atoms with Crippen molar-refractivity contribution in [1.29, 1.82) is 0 Å². The molecule has 1 aliphatic heterocycles. The molecule has 1 aliphatic rings. The average Bonchev–Trinajstić information content (AvgIpc) is 2.46. The molecule has 1 nitrogen and oxygen atoms in total. The summed E-state index contributed by atoms with van der Waals surface area (Å²) in [5.74, 6) is -2.64. The van der Waals surface area contributed by atoms with Gasteiger partial charge in [-0.1, -0.05) is 29.3 Å². The number of piperidine rings is 1. The highest BCUT2D eigenvalue weighted by atomic mass is 35.5. The standard InChI is InChI=1S/C17H14Cl2F2N/c18-14-6-2-7-15(19)16(14)12-4-1-5-13(10-12)22-9-3-8-17(20,21)11-22/h2,4-7,10H,3,8-9,11H2. The molecule has 1 saturated heterocycles. The van der Waals surface area contributed by atoms with Crippen LogP contribution >= 0.6 is 23.2 Å². The Bertz CT molecular complexity index is 668. The van der Waals surface area contributed by atoms with Gasteiger partial charge in [-0.3, -0.25) is 0 Å². The monoisotopic (exact) mass is 340 g/mol. The highest BCUT2D eigenvalue weighted by molar-refractivity contribution is 6.39. The molecule has 1 radical (unpaired) electrons. The second-order valence-electron chi connectivity index (χ2n) is 5.46. The van der Waals surface area contributed by atoms with Gasteiger partial charge in [0.25, 0.3) is 5.92 Å². The first kappa shape index (κ1) is 15.6. The molecule has 0 N–H and O–H groups in total. The molecule has 0 bridgehead atoms. The van der Waals surface area contributed by atoms with Crippen LogP contribution in [-0.4, -0.2) is 19.0 Å². The minimum Gasteiger partial charge on any atom is -0.365 e. The van der Waals surface area contributed by atoms with Crippen molar-refractivity contribution in [3.63, 3.8) is 0 Å². The van der Waals surface area contributed by atoms with Crippen molar-refractivity contribution in [2.24, 2.45) is 0 Å². The maximum Gasteiger partial charge on any atom is 0.265 e. The van der Waals surface area contributed by atoms with Crippen LogP contribution < -0.4 is 4.90 Å². The smallest absolute Gasteiger partial charge is 0.265 e. The van der Waals surface area contributed by atoms with Crippen molar-refractivity contribution in [2.45, 2.75) is 18.8 Å². The SMILES string of the molecule is FC1(F)CCCN(c2c[c]cc(-c3c(Cl)cccc3Cl)c2)C1. The van der Waals surface area contributed by atoms with E-state index in [1.807, 2.05) is 6.07 Å². The van der Waals surface area contributed by atoms with Crippen molar-refractivity contribution >= 4 is 28.9 Å². The van der Waals surface area contributed by atoms with Gasteiger partial charge in [-0.05, 0) is 48.4 Å². The molecule has 22 heavy (non-hydrogen) atoms. The zero-order valence-corrected chi connectivity index (χ0v) is 13.3. The Hall–Kier alpha value is -1.32. The molecule has 0 amide bonds. The van der Waals surface area contributed by atoms with Crippen molar-refractivity contribution in [1.82, 2.24) is 0 Å². The van der Waals surface area contributed by atoms with Crippen molar-refractivity contribution in [3.05, 3.63) is 52.5 Å². The van der Waals surface area contributed by atoms with Crippen LogP contribution in [0.15, 0.2) is 36.4 Å². The van der Waals surface area contributed by atoms with Gasteiger partial charge in [-0.2, -0.15) is 0 Å². The van der Waals surface area contributed by atoms with E-state index in [4.69, 9.17) is 23.2 Å². The molecule has 5 heteroatoms. The third kappa shape index (κ3) is 3.21. The molecule has 1 fully saturated rings. The predicted octanol–water partition coefficient (Wildman–Crippen LogP) is 5.70. The summed E-state index contributed by atoms with van der Waals surface area (Å²) in [5, 5.41) is 1.06. The van der Waals surface area contributed by atoms with Gasteiger partial charge >= 0.3 is 0 Å². The van der Waals surface area contributed by atoms with Crippen molar-refractivity contribution < 1.29 is 8.78 Å². The Balaban J connectivity index is 1.96. The number of anilines is 1. The summed E-state index contributed by atoms with van der Waals surface area (Å²) in [6, 6.07) is 13.6. The van der Waals surface area contributed by atoms with Gasteiger partial charge < -0.3 is 4.90 Å². The van der Waals surface area contributed by atoms with E-state index in [9.17, 15) is 8.78 Å². The van der Waals surface area contributed by atoms with E-state index in [0.29, 0.717) is 34.3 Å². The lowest BCUT2D eigenvalue weighted by molar-refractivity contribution is -0.0116. The summed E-state index contributed by atoms with van der Waals surface area (Å²) >= 11 is 12.4. The lowest BCUT2D eigenvalue weighted by atomic mass is 10.0. The van der Waals surface area contributed by atoms with E-state index in [1.54, 1.807) is 35.2 Å². The quantitative estimate of drug-likeness (QED) is 0.678. The number of halogens is 4. The Morgan fingerprint density at radius 2 is 1.86 bits per heavy atom. The normalized spacial score (nSPS) is 17.5. The van der Waals surface area contributed by atoms with E-state index in [-0.39, 0.29) is 13.0 Å². The number of benzene rings is 2. The highest BCUT2D eigenvalue weighted by Crippen LogP contribution is 2.37. The minimum atomic E-state index is -2.64. The first-order chi connectivity index (χ1) is 10.5. The molecule has 1 heterocycles. The molecule has 2 aromatic carbocycles. The summed E-state index contributed by atoms with van der Waals surface area (Å²) in [5.41, 5.74) is 2.20. The van der Waals surface area contributed by atoms with Crippen LogP contribution in [0.1, 0.15) is 12.8 Å². The van der Waals surface area contributed by atoms with Crippen LogP contribution in [0.4, 0.5) is 14.5 Å². The van der Waals surface area contributed by atoms with E-state index in [2.05, 4.69) is 6.07 Å². The fourth-order valence-electron chi connectivity index (χ4n) is 2.75. The van der Waals surface area contributed by atoms with Gasteiger partial charge in [-0.15, -0.1) is 0 Å². The van der Waals surface area contributed by atoms with Gasteiger partial charge in [-0.25, -0.2) is 8.78 Å². The summed E-state index contributed by atoms with van der Waals surface area (Å²) in [4.78, 5) is 1.69. The fraction of sp³-hybridized carbons (Fsp3) is 0.294. The topological polar surface area (TPSA) is 3.24 Å². The largest absolute Gasteiger partial charge is 0.365 e. The number of hydrogen-bond acceptors (Lipinski definition) is 1. The maximum atomic E-state index is 13.6. The Morgan fingerprint density at radius 3 is 2.55 bits per heavy atom. The second kappa shape index (κ2) is 6.05. The molecule has 0 aliphatic carbocycles. The first-order valence-electron chi connectivity index (χ1n) is 7.05. The molecule has 0 atom stereocenters. The first-order valence-corrected chi connectivity index (χ1v) is 7.80. The number of alkyl halides is 2. The Labute approximate surface area is 138 Å². The highest BCUT2D eigenvalue weighted by Gasteiger charge is 2.35. The van der Waals surface area contributed by atoms with Crippen LogP contribution in [0.5, 0.6) is 0 Å². The zero-order valence-electron chi connectivity index (χ0n) is 11.8. The van der Waals surface area contributed by atoms with Gasteiger partial charge in [0.15, 0.2) is 0 Å². The molecule has 3 rings (SSSR count). The molecule has 115 valence electrons. The number of nitrogens with zero attached hydrogens (tertiary/aromatic N) is 1. The van der Waals surface area contributed by atoms with Crippen LogP contribution in [0.25, 0.3) is 11.1 Å². The van der Waals surface area contributed by atoms with Gasteiger partial charge in [0.1, 0.15) is 0 Å². The van der Waals surface area contributed by atoms with E-state index < -0.39 is 5.92 Å². The molecule has 2 aromatic rings. The second-order valence-corrected chi connectivity index (χ2v) is 6.27. The van der Waals surface area contributed by atoms with E-state index >= 15 is 0 Å². The zero-order chi connectivity index (χ0) is 15.7. The van der Waals surface area contributed by atoms with Crippen molar-refractivity contribution in [3.8, 4) is 11.1 Å². The lowest BCUT2D eigenvalue weighted by Gasteiger charge is -2.34. The molecule has 0 saturated carbocycles. The Morgan fingerprint density at radius 1 is 1.14 bits per heavy atom. The van der Waals surface area contributed by atoms with E-state index in [0.717, 1.165) is 5.56 Å². The van der Waals surface area contributed by atoms with Crippen LogP contribution in [0.3, 0.4) is 0 Å². The van der Waals surface area contributed by atoms with E-state index in [1.165, 1.54) is 0 Å². The number of hydrogen-bond donors (Lipinski definition) is 0. The third-order valence-corrected chi connectivity index (χ3v) is 4.41. The van der Waals surface area contributed by atoms with Gasteiger partial charge in [0, 0.05) is 34.3 Å². The van der Waals surface area contributed by atoms with Gasteiger partial charge in [0.05, 0.1) is 6.54 Å². The van der Waals surface area contributed by atoms with Crippen molar-refractivity contribution in [2.75, 3.05) is 18.0 Å². The summed E-state index contributed by atoms with van der Waals surface area (Å²) in [6.07, 6.45) is 0.424. The van der Waals surface area contributed by atoms with Gasteiger partial charge in [0.2, 0.25) is 0 Å². The molecular formula is C17H14Cl2F2N. The fourth-order valence-corrected chi connectivity index (χ4v) is 3.36. The van der Waals surface area contributed by atoms with Crippen LogP contribution in [-0.2, 0) is 0 Å². The minimum absolute atomic E-state index is 0.0523. The molecule has 0 aromatic heterocycles. The third-order valence-electron chi connectivity index (χ3n) is 3.78. The lowest BCUT2D eigenvalue weighted by Crippen LogP contribution is -2.42. The Kier molecular flexibility index (Phi) is 4.28. The van der Waals surface area contributed by atoms with Crippen LogP contribution in [0, 0.1) is 6.07 Å². The average molecular weight is 341 g/mol. The molecular weight excluding hydrogens is 327 g/mol. The predicted molar refractivity (Wildman–Crippen MR) is 87.1 cm³/mol. The maximum absolute atomic E-state index is 13.6. The summed E-state index contributed by atoms with van der Waals surface area (Å²) < 4.78 is 27.2.